The minimum Gasteiger partial charge on any atom is -0.327 e. The highest BCUT2D eigenvalue weighted by Gasteiger charge is 2.15. The lowest BCUT2D eigenvalue weighted by Crippen LogP contribution is -2.42. The molecule has 0 aliphatic rings. The van der Waals surface area contributed by atoms with Crippen LogP contribution in [0.15, 0.2) is 0 Å². The van der Waals surface area contributed by atoms with Gasteiger partial charge in [-0.2, -0.15) is 0 Å². The highest BCUT2D eigenvalue weighted by Crippen LogP contribution is 2.07. The van der Waals surface area contributed by atoms with Gasteiger partial charge in [0.15, 0.2) is 0 Å². The molecule has 3 heteroatoms. The van der Waals surface area contributed by atoms with Crippen LogP contribution in [0.5, 0.6) is 0 Å². The van der Waals surface area contributed by atoms with Gasteiger partial charge in [0.1, 0.15) is 0 Å². The first-order valence-electron chi connectivity index (χ1n) is 6.52. The third kappa shape index (κ3) is 6.46. The first kappa shape index (κ1) is 15.9. The zero-order chi connectivity index (χ0) is 12.7. The second kappa shape index (κ2) is 8.04. The number of nitrogens with zero attached hydrogens (tertiary/aromatic N) is 2. The van der Waals surface area contributed by atoms with Gasteiger partial charge in [-0.3, -0.25) is 4.90 Å². The molecule has 2 atom stereocenters. The summed E-state index contributed by atoms with van der Waals surface area (Å²) in [5, 5.41) is 0. The Morgan fingerprint density at radius 3 is 2.06 bits per heavy atom. The molecule has 0 saturated carbocycles. The van der Waals surface area contributed by atoms with Crippen molar-refractivity contribution in [3.05, 3.63) is 0 Å². The maximum absolute atomic E-state index is 6.08. The van der Waals surface area contributed by atoms with Gasteiger partial charge in [0, 0.05) is 18.6 Å². The number of nitrogens with two attached hydrogens (primary N) is 1. The fourth-order valence-corrected chi connectivity index (χ4v) is 1.98. The van der Waals surface area contributed by atoms with Crippen LogP contribution in [0.2, 0.25) is 0 Å². The van der Waals surface area contributed by atoms with Crippen LogP contribution in [-0.2, 0) is 0 Å². The monoisotopic (exact) mass is 229 g/mol. The molecular weight excluding hydrogens is 198 g/mol. The van der Waals surface area contributed by atoms with E-state index in [9.17, 15) is 0 Å². The molecule has 0 amide bonds. The molecular formula is C13H31N3. The summed E-state index contributed by atoms with van der Waals surface area (Å²) in [6.45, 7) is 12.3. The van der Waals surface area contributed by atoms with Crippen LogP contribution in [0, 0.1) is 5.92 Å². The predicted octanol–water partition coefficient (Wildman–Crippen LogP) is 1.63. The molecule has 98 valence electrons. The molecule has 2 unspecified atom stereocenters. The Morgan fingerprint density at radius 1 is 1.12 bits per heavy atom. The van der Waals surface area contributed by atoms with Gasteiger partial charge in [-0.25, -0.2) is 0 Å². The number of likely N-dealkylation sites (N-methyl/N-ethyl adjacent to an activating group) is 2. The molecule has 16 heavy (non-hydrogen) atoms. The van der Waals surface area contributed by atoms with Crippen molar-refractivity contribution in [2.75, 3.05) is 33.7 Å². The Morgan fingerprint density at radius 2 is 1.69 bits per heavy atom. The molecule has 0 radical (unpaired) electrons. The van der Waals surface area contributed by atoms with E-state index in [4.69, 9.17) is 5.73 Å². The van der Waals surface area contributed by atoms with Crippen LogP contribution in [0.4, 0.5) is 0 Å². The number of hydrogen-bond acceptors (Lipinski definition) is 3. The van der Waals surface area contributed by atoms with Crippen molar-refractivity contribution in [1.29, 1.82) is 0 Å². The fraction of sp³-hybridized carbons (Fsp3) is 1.00. The van der Waals surface area contributed by atoms with Crippen molar-refractivity contribution >= 4 is 0 Å². The van der Waals surface area contributed by atoms with Gasteiger partial charge in [-0.15, -0.1) is 0 Å². The topological polar surface area (TPSA) is 32.5 Å². The van der Waals surface area contributed by atoms with E-state index in [2.05, 4.69) is 51.6 Å². The quantitative estimate of drug-likeness (QED) is 0.687. The number of rotatable bonds is 8. The molecule has 0 rings (SSSR count). The molecule has 3 nitrogen and oxygen atoms in total. The maximum Gasteiger partial charge on any atom is 0.0194 e. The first-order chi connectivity index (χ1) is 7.38. The van der Waals surface area contributed by atoms with Crippen LogP contribution in [0.25, 0.3) is 0 Å². The smallest absolute Gasteiger partial charge is 0.0194 e. The third-order valence-corrected chi connectivity index (χ3v) is 3.26. The normalized spacial score (nSPS) is 16.1. The molecule has 0 aliphatic carbocycles. The van der Waals surface area contributed by atoms with Gasteiger partial charge >= 0.3 is 0 Å². The maximum atomic E-state index is 6.08. The third-order valence-electron chi connectivity index (χ3n) is 3.26. The van der Waals surface area contributed by atoms with Gasteiger partial charge in [-0.1, -0.05) is 20.8 Å². The summed E-state index contributed by atoms with van der Waals surface area (Å²) in [5.41, 5.74) is 6.08. The lowest BCUT2D eigenvalue weighted by atomic mass is 10.0. The second-order valence-corrected chi connectivity index (χ2v) is 5.44. The second-order valence-electron chi connectivity index (χ2n) is 5.44. The molecule has 0 saturated heterocycles. The summed E-state index contributed by atoms with van der Waals surface area (Å²) in [7, 11) is 4.26. The Labute approximate surface area is 102 Å². The van der Waals surface area contributed by atoms with Crippen molar-refractivity contribution in [2.45, 2.75) is 46.2 Å². The molecule has 0 aromatic carbocycles. The predicted molar refractivity (Wildman–Crippen MR) is 72.7 cm³/mol. The molecule has 0 aromatic heterocycles. The van der Waals surface area contributed by atoms with Crippen molar-refractivity contribution in [3.8, 4) is 0 Å². The van der Waals surface area contributed by atoms with E-state index in [-0.39, 0.29) is 0 Å². The largest absolute Gasteiger partial charge is 0.327 e. The zero-order valence-electron chi connectivity index (χ0n) is 12.0. The van der Waals surface area contributed by atoms with E-state index in [0.29, 0.717) is 18.0 Å². The fourth-order valence-electron chi connectivity index (χ4n) is 1.98. The van der Waals surface area contributed by atoms with Crippen LogP contribution in [0.3, 0.4) is 0 Å². The van der Waals surface area contributed by atoms with Crippen molar-refractivity contribution in [1.82, 2.24) is 9.80 Å². The van der Waals surface area contributed by atoms with Gasteiger partial charge in [0.05, 0.1) is 0 Å². The summed E-state index contributed by atoms with van der Waals surface area (Å²) >= 11 is 0. The lowest BCUT2D eigenvalue weighted by molar-refractivity contribution is 0.173. The van der Waals surface area contributed by atoms with E-state index < -0.39 is 0 Å². The molecule has 0 aromatic rings. The van der Waals surface area contributed by atoms with Gasteiger partial charge in [0.25, 0.3) is 0 Å². The Bertz CT molecular complexity index is 169. The van der Waals surface area contributed by atoms with Crippen LogP contribution >= 0.6 is 0 Å². The molecule has 0 bridgehead atoms. The van der Waals surface area contributed by atoms with Crippen LogP contribution in [-0.4, -0.2) is 55.6 Å². The summed E-state index contributed by atoms with van der Waals surface area (Å²) < 4.78 is 0. The average molecular weight is 229 g/mol. The van der Waals surface area contributed by atoms with E-state index >= 15 is 0 Å². The highest BCUT2D eigenvalue weighted by atomic mass is 15.2. The van der Waals surface area contributed by atoms with Crippen molar-refractivity contribution in [3.63, 3.8) is 0 Å². The minimum absolute atomic E-state index is 0.334. The van der Waals surface area contributed by atoms with Gasteiger partial charge < -0.3 is 10.6 Å². The first-order valence-corrected chi connectivity index (χ1v) is 6.52. The van der Waals surface area contributed by atoms with Crippen molar-refractivity contribution in [2.24, 2.45) is 11.7 Å². The highest BCUT2D eigenvalue weighted by molar-refractivity contribution is 4.72. The van der Waals surface area contributed by atoms with Crippen LogP contribution < -0.4 is 5.73 Å². The summed E-state index contributed by atoms with van der Waals surface area (Å²) in [4.78, 5) is 4.76. The molecule has 2 N–H and O–H groups in total. The van der Waals surface area contributed by atoms with E-state index in [1.807, 2.05) is 0 Å². The summed E-state index contributed by atoms with van der Waals surface area (Å²) in [6, 6.07) is 0.944. The average Bonchev–Trinajstić information content (AvgIpc) is 2.16. The SMILES string of the molecule is CCN(CCC(N)C(C)C)C(C)CN(C)C. The van der Waals surface area contributed by atoms with E-state index in [1.54, 1.807) is 0 Å². The van der Waals surface area contributed by atoms with Gasteiger partial charge in [0.2, 0.25) is 0 Å². The van der Waals surface area contributed by atoms with E-state index in [1.165, 1.54) is 0 Å². The molecule has 0 fully saturated rings. The Balaban J connectivity index is 3.99. The zero-order valence-corrected chi connectivity index (χ0v) is 12.0. The molecule has 0 aliphatic heterocycles. The summed E-state index contributed by atoms with van der Waals surface area (Å²) in [5.74, 6) is 0.586. The van der Waals surface area contributed by atoms with Gasteiger partial charge in [-0.05, 0) is 46.4 Å². The number of hydrogen-bond donors (Lipinski definition) is 1. The Hall–Kier alpha value is -0.120. The lowest BCUT2D eigenvalue weighted by Gasteiger charge is -2.31. The molecule has 0 spiro atoms. The van der Waals surface area contributed by atoms with Crippen molar-refractivity contribution < 1.29 is 0 Å². The molecule has 0 heterocycles. The summed E-state index contributed by atoms with van der Waals surface area (Å²) in [6.07, 6.45) is 1.10. The van der Waals surface area contributed by atoms with Crippen LogP contribution in [0.1, 0.15) is 34.1 Å². The Kier molecular flexibility index (Phi) is 7.98. The standard InChI is InChI=1S/C13H31N3/c1-7-16(12(4)10-15(5)6)9-8-13(14)11(2)3/h11-13H,7-10,14H2,1-6H3. The van der Waals surface area contributed by atoms with E-state index in [0.717, 1.165) is 26.1 Å². The minimum atomic E-state index is 0.334.